The summed E-state index contributed by atoms with van der Waals surface area (Å²) in [7, 11) is -3.98. The predicted molar refractivity (Wildman–Crippen MR) is 77.3 cm³/mol. The van der Waals surface area contributed by atoms with Crippen molar-refractivity contribution in [2.75, 3.05) is 0 Å². The van der Waals surface area contributed by atoms with Crippen LogP contribution in [-0.4, -0.2) is 19.3 Å². The molecule has 2 aromatic heterocycles. The Morgan fingerprint density at radius 3 is 2.70 bits per heavy atom. The normalized spacial score (nSPS) is 12.9. The Labute approximate surface area is 125 Å². The van der Waals surface area contributed by atoms with Gasteiger partial charge in [0.05, 0.1) is 10.9 Å². The minimum absolute atomic E-state index is 0.242. The Kier molecular flexibility index (Phi) is 4.42. The van der Waals surface area contributed by atoms with Crippen LogP contribution in [0.5, 0.6) is 0 Å². The molecule has 2 heterocycles. The van der Waals surface area contributed by atoms with Gasteiger partial charge in [-0.05, 0) is 30.5 Å². The monoisotopic (exact) mass is 330 g/mol. The Morgan fingerprint density at radius 2 is 2.15 bits per heavy atom. The second-order valence-corrected chi connectivity index (χ2v) is 7.07. The molecule has 0 aliphatic carbocycles. The highest BCUT2D eigenvalue weighted by atomic mass is 35.5. The summed E-state index contributed by atoms with van der Waals surface area (Å²) in [6, 6.07) is 6.23. The summed E-state index contributed by atoms with van der Waals surface area (Å²) in [6.07, 6.45) is 1.21. The topological polar surface area (TPSA) is 76.1 Å². The number of thiophene rings is 1. The van der Waals surface area contributed by atoms with E-state index in [0.717, 1.165) is 4.88 Å². The summed E-state index contributed by atoms with van der Waals surface area (Å²) in [5, 5.41) is 1.91. The van der Waals surface area contributed by atoms with E-state index in [1.807, 2.05) is 10.1 Å². The van der Waals surface area contributed by atoms with Crippen LogP contribution in [0.1, 0.15) is 17.7 Å². The molecule has 106 valence electrons. The van der Waals surface area contributed by atoms with Gasteiger partial charge in [-0.15, -0.1) is 11.3 Å². The van der Waals surface area contributed by atoms with E-state index >= 15 is 0 Å². The van der Waals surface area contributed by atoms with Gasteiger partial charge in [-0.25, -0.2) is 9.71 Å². The van der Waals surface area contributed by atoms with Crippen molar-refractivity contribution < 1.29 is 13.2 Å². The van der Waals surface area contributed by atoms with E-state index in [1.165, 1.54) is 29.7 Å². The molecular weight excluding hydrogens is 320 g/mol. The predicted octanol–water partition coefficient (Wildman–Crippen LogP) is 2.41. The van der Waals surface area contributed by atoms with Gasteiger partial charge in [-0.3, -0.25) is 4.79 Å². The average Bonchev–Trinajstić information content (AvgIpc) is 2.91. The molecule has 0 saturated carbocycles. The van der Waals surface area contributed by atoms with E-state index in [1.54, 1.807) is 19.1 Å². The zero-order chi connectivity index (χ0) is 14.8. The van der Waals surface area contributed by atoms with E-state index < -0.39 is 21.8 Å². The molecule has 0 spiro atoms. The molecule has 0 bridgehead atoms. The van der Waals surface area contributed by atoms with Gasteiger partial charge in [-0.1, -0.05) is 17.7 Å². The van der Waals surface area contributed by atoms with Crippen LogP contribution in [0.15, 0.2) is 40.9 Å². The van der Waals surface area contributed by atoms with Gasteiger partial charge in [0.1, 0.15) is 0 Å². The van der Waals surface area contributed by atoms with Crippen molar-refractivity contribution in [3.05, 3.63) is 45.7 Å². The number of halogens is 1. The summed E-state index contributed by atoms with van der Waals surface area (Å²) < 4.78 is 26.0. The zero-order valence-corrected chi connectivity index (χ0v) is 12.8. The highest BCUT2D eigenvalue weighted by molar-refractivity contribution is 7.90. The Bertz CT molecular complexity index is 697. The van der Waals surface area contributed by atoms with Gasteiger partial charge in [0.15, 0.2) is 5.03 Å². The van der Waals surface area contributed by atoms with E-state index in [4.69, 9.17) is 11.6 Å². The van der Waals surface area contributed by atoms with Gasteiger partial charge in [0, 0.05) is 11.1 Å². The van der Waals surface area contributed by atoms with E-state index in [2.05, 4.69) is 4.98 Å². The molecule has 0 unspecified atom stereocenters. The first kappa shape index (κ1) is 15.0. The number of amides is 1. The van der Waals surface area contributed by atoms with Crippen molar-refractivity contribution in [1.82, 2.24) is 9.71 Å². The number of nitrogens with zero attached hydrogens (tertiary/aromatic N) is 1. The maximum Gasteiger partial charge on any atom is 0.281 e. The van der Waals surface area contributed by atoms with Gasteiger partial charge in [-0.2, -0.15) is 8.42 Å². The van der Waals surface area contributed by atoms with Crippen LogP contribution in [0.3, 0.4) is 0 Å². The molecule has 5 nitrogen and oxygen atoms in total. The number of sulfonamides is 1. The molecule has 0 radical (unpaired) electrons. The Balaban J connectivity index is 2.16. The highest BCUT2D eigenvalue weighted by Gasteiger charge is 2.24. The van der Waals surface area contributed by atoms with Gasteiger partial charge >= 0.3 is 0 Å². The minimum atomic E-state index is -3.98. The molecule has 0 aromatic carbocycles. The lowest BCUT2D eigenvalue weighted by molar-refractivity contribution is -0.120. The van der Waals surface area contributed by atoms with Crippen LogP contribution in [0.4, 0.5) is 0 Å². The molecule has 0 fully saturated rings. The number of nitrogens with one attached hydrogen (secondary N) is 1. The van der Waals surface area contributed by atoms with Gasteiger partial charge in [0.2, 0.25) is 5.91 Å². The molecule has 2 aromatic rings. The third-order valence-corrected chi connectivity index (χ3v) is 5.11. The molecular formula is C12H11ClN2O3S2. The lowest BCUT2D eigenvalue weighted by Crippen LogP contribution is -2.34. The highest BCUT2D eigenvalue weighted by Crippen LogP contribution is 2.21. The molecule has 1 atom stereocenters. The van der Waals surface area contributed by atoms with Crippen LogP contribution >= 0.6 is 22.9 Å². The number of pyridine rings is 1. The molecule has 0 saturated heterocycles. The maximum atomic E-state index is 12.0. The number of hydrogen-bond donors (Lipinski definition) is 1. The van der Waals surface area contributed by atoms with Crippen LogP contribution in [0, 0.1) is 0 Å². The average molecular weight is 331 g/mol. The Hall–Kier alpha value is -1.44. The van der Waals surface area contributed by atoms with Crippen molar-refractivity contribution in [1.29, 1.82) is 0 Å². The van der Waals surface area contributed by atoms with Crippen LogP contribution in [0.2, 0.25) is 5.02 Å². The van der Waals surface area contributed by atoms with Crippen molar-refractivity contribution in [2.24, 2.45) is 0 Å². The summed E-state index contributed by atoms with van der Waals surface area (Å²) in [4.78, 5) is 16.4. The molecule has 1 N–H and O–H groups in total. The number of carbonyl (C=O) groups is 1. The fourth-order valence-corrected chi connectivity index (χ4v) is 3.34. The van der Waals surface area contributed by atoms with Crippen LogP contribution in [0.25, 0.3) is 0 Å². The van der Waals surface area contributed by atoms with E-state index in [0.29, 0.717) is 5.02 Å². The molecule has 8 heteroatoms. The molecule has 1 amide bonds. The number of aromatic nitrogens is 1. The number of rotatable bonds is 4. The van der Waals surface area contributed by atoms with E-state index in [-0.39, 0.29) is 5.03 Å². The van der Waals surface area contributed by atoms with Gasteiger partial charge < -0.3 is 0 Å². The minimum Gasteiger partial charge on any atom is -0.273 e. The third-order valence-electron chi connectivity index (χ3n) is 2.57. The zero-order valence-electron chi connectivity index (χ0n) is 10.4. The van der Waals surface area contributed by atoms with Crippen molar-refractivity contribution in [2.45, 2.75) is 17.9 Å². The summed E-state index contributed by atoms with van der Waals surface area (Å²) in [5.74, 6) is -1.14. The first-order valence-corrected chi connectivity index (χ1v) is 8.36. The lowest BCUT2D eigenvalue weighted by Gasteiger charge is -2.10. The fourth-order valence-electron chi connectivity index (χ4n) is 1.46. The summed E-state index contributed by atoms with van der Waals surface area (Å²) in [6.45, 7) is 1.64. The largest absolute Gasteiger partial charge is 0.281 e. The second-order valence-electron chi connectivity index (χ2n) is 4.02. The third kappa shape index (κ3) is 3.36. The molecule has 0 aliphatic rings. The first-order valence-electron chi connectivity index (χ1n) is 5.62. The summed E-state index contributed by atoms with van der Waals surface area (Å²) in [5.41, 5.74) is 0. The van der Waals surface area contributed by atoms with Crippen LogP contribution < -0.4 is 4.72 Å². The molecule has 2 rings (SSSR count). The quantitative estimate of drug-likeness (QED) is 0.934. The second kappa shape index (κ2) is 5.90. The fraction of sp³-hybridized carbons (Fsp3) is 0.167. The number of hydrogen-bond acceptors (Lipinski definition) is 5. The smallest absolute Gasteiger partial charge is 0.273 e. The van der Waals surface area contributed by atoms with Gasteiger partial charge in [0.25, 0.3) is 10.0 Å². The number of carbonyl (C=O) groups excluding carboxylic acids is 1. The maximum absolute atomic E-state index is 12.0. The Morgan fingerprint density at radius 1 is 1.40 bits per heavy atom. The van der Waals surface area contributed by atoms with Crippen LogP contribution in [-0.2, 0) is 14.8 Å². The van der Waals surface area contributed by atoms with Crippen molar-refractivity contribution in [3.8, 4) is 0 Å². The molecule has 20 heavy (non-hydrogen) atoms. The van der Waals surface area contributed by atoms with Crippen molar-refractivity contribution >= 4 is 38.9 Å². The van der Waals surface area contributed by atoms with E-state index in [9.17, 15) is 13.2 Å². The summed E-state index contributed by atoms with van der Waals surface area (Å²) >= 11 is 7.04. The SMILES string of the molecule is C[C@@H](C(=O)NS(=O)(=O)c1ccc(Cl)cn1)c1cccs1. The first-order chi connectivity index (χ1) is 9.40. The van der Waals surface area contributed by atoms with Crippen molar-refractivity contribution in [3.63, 3.8) is 0 Å². The molecule has 0 aliphatic heterocycles. The standard InChI is InChI=1S/C12H11ClN2O3S2/c1-8(10-3-2-6-19-10)12(16)15-20(17,18)11-5-4-9(13)7-14-11/h2-8H,1H3,(H,15,16)/t8-/m1/s1. The lowest BCUT2D eigenvalue weighted by atomic mass is 10.1.